The van der Waals surface area contributed by atoms with E-state index in [0.717, 1.165) is 41.3 Å². The van der Waals surface area contributed by atoms with Gasteiger partial charge in [-0.15, -0.1) is 0 Å². The molecule has 0 heterocycles. The molecule has 1 aliphatic carbocycles. The highest BCUT2D eigenvalue weighted by atomic mass is 79.9. The average molecular weight is 604 g/mol. The van der Waals surface area contributed by atoms with Gasteiger partial charge in [-0.05, 0) is 48.2 Å². The van der Waals surface area contributed by atoms with Crippen LogP contribution in [0.3, 0.4) is 0 Å². The van der Waals surface area contributed by atoms with E-state index in [4.69, 9.17) is 27.9 Å². The Hall–Kier alpha value is -2.54. The molecule has 1 atom stereocenters. The summed E-state index contributed by atoms with van der Waals surface area (Å²) in [6, 6.07) is 21.7. The Morgan fingerprint density at radius 2 is 1.68 bits per heavy atom. The summed E-state index contributed by atoms with van der Waals surface area (Å²) in [6.45, 7) is -0.0979. The minimum absolute atomic E-state index is 0.126. The van der Waals surface area contributed by atoms with E-state index in [1.165, 1.54) is 0 Å². The van der Waals surface area contributed by atoms with Crippen LogP contribution in [0.2, 0.25) is 10.0 Å². The van der Waals surface area contributed by atoms with Crippen molar-refractivity contribution in [3.05, 3.63) is 98.4 Å². The summed E-state index contributed by atoms with van der Waals surface area (Å²) >= 11 is 16.1. The second-order valence-electron chi connectivity index (χ2n) is 9.17. The molecule has 1 saturated carbocycles. The van der Waals surface area contributed by atoms with Crippen molar-refractivity contribution in [3.63, 3.8) is 0 Å². The lowest BCUT2D eigenvalue weighted by Gasteiger charge is -2.32. The van der Waals surface area contributed by atoms with Crippen LogP contribution in [-0.2, 0) is 22.6 Å². The lowest BCUT2D eigenvalue weighted by molar-refractivity contribution is -0.143. The van der Waals surface area contributed by atoms with Crippen molar-refractivity contribution in [2.45, 2.75) is 50.7 Å². The van der Waals surface area contributed by atoms with Gasteiger partial charge >= 0.3 is 0 Å². The van der Waals surface area contributed by atoms with E-state index >= 15 is 0 Å². The van der Waals surface area contributed by atoms with Crippen molar-refractivity contribution in [3.8, 4) is 5.75 Å². The molecule has 0 unspecified atom stereocenters. The Labute approximate surface area is 236 Å². The molecule has 194 valence electrons. The minimum Gasteiger partial charge on any atom is -0.482 e. The molecule has 1 N–H and O–H groups in total. The van der Waals surface area contributed by atoms with Crippen molar-refractivity contribution in [1.82, 2.24) is 10.2 Å². The molecule has 0 bridgehead atoms. The van der Waals surface area contributed by atoms with E-state index in [9.17, 15) is 9.59 Å². The Bertz CT molecular complexity index is 1220. The van der Waals surface area contributed by atoms with Gasteiger partial charge in [0.2, 0.25) is 5.91 Å². The maximum Gasteiger partial charge on any atom is 0.261 e. The van der Waals surface area contributed by atoms with Gasteiger partial charge in [-0.1, -0.05) is 101 Å². The first-order chi connectivity index (χ1) is 17.9. The number of hydrogen-bond donors (Lipinski definition) is 1. The smallest absolute Gasteiger partial charge is 0.261 e. The molecule has 0 radical (unpaired) electrons. The Kier molecular flexibility index (Phi) is 9.89. The summed E-state index contributed by atoms with van der Waals surface area (Å²) in [4.78, 5) is 29.0. The Morgan fingerprint density at radius 3 is 2.38 bits per heavy atom. The van der Waals surface area contributed by atoms with Gasteiger partial charge in [-0.25, -0.2) is 0 Å². The van der Waals surface area contributed by atoms with E-state index in [1.54, 1.807) is 29.2 Å². The second kappa shape index (κ2) is 13.3. The highest BCUT2D eigenvalue weighted by Gasteiger charge is 2.32. The minimum atomic E-state index is -0.740. The normalized spacial score (nSPS) is 14.2. The first-order valence-electron chi connectivity index (χ1n) is 12.4. The summed E-state index contributed by atoms with van der Waals surface area (Å²) < 4.78 is 6.62. The molecule has 0 aliphatic heterocycles. The molecule has 3 aromatic rings. The number of halogens is 3. The van der Waals surface area contributed by atoms with Crippen molar-refractivity contribution >= 4 is 50.9 Å². The molecule has 4 rings (SSSR count). The van der Waals surface area contributed by atoms with Gasteiger partial charge < -0.3 is 15.0 Å². The highest BCUT2D eigenvalue weighted by molar-refractivity contribution is 9.10. The van der Waals surface area contributed by atoms with Gasteiger partial charge in [0, 0.05) is 28.5 Å². The van der Waals surface area contributed by atoms with Crippen molar-refractivity contribution in [1.29, 1.82) is 0 Å². The number of benzene rings is 3. The van der Waals surface area contributed by atoms with E-state index in [2.05, 4.69) is 21.2 Å². The molecule has 5 nitrogen and oxygen atoms in total. The third-order valence-corrected chi connectivity index (χ3v) is 7.67. The average Bonchev–Trinajstić information content (AvgIpc) is 3.40. The second-order valence-corrected chi connectivity index (χ2v) is 10.9. The van der Waals surface area contributed by atoms with Gasteiger partial charge in [0.15, 0.2) is 6.61 Å². The zero-order valence-corrected chi connectivity index (χ0v) is 23.4. The van der Waals surface area contributed by atoms with Crippen LogP contribution in [0.4, 0.5) is 0 Å². The number of nitrogens with zero attached hydrogens (tertiary/aromatic N) is 1. The number of carbonyl (C=O) groups excluding carboxylic acids is 2. The topological polar surface area (TPSA) is 58.6 Å². The molecule has 3 aromatic carbocycles. The van der Waals surface area contributed by atoms with E-state index < -0.39 is 6.04 Å². The first-order valence-corrected chi connectivity index (χ1v) is 13.9. The predicted molar refractivity (Wildman–Crippen MR) is 151 cm³/mol. The van der Waals surface area contributed by atoms with Crippen LogP contribution >= 0.6 is 39.1 Å². The maximum absolute atomic E-state index is 13.7. The fourth-order valence-electron chi connectivity index (χ4n) is 4.55. The number of carbonyl (C=O) groups is 2. The van der Waals surface area contributed by atoms with Crippen LogP contribution in [0.5, 0.6) is 5.75 Å². The number of rotatable bonds is 10. The predicted octanol–water partition coefficient (Wildman–Crippen LogP) is 6.83. The lowest BCUT2D eigenvalue weighted by Crippen LogP contribution is -2.53. The molecule has 1 fully saturated rings. The highest BCUT2D eigenvalue weighted by Crippen LogP contribution is 2.28. The monoisotopic (exact) mass is 602 g/mol. The fraction of sp³-hybridized carbons (Fsp3) is 0.310. The van der Waals surface area contributed by atoms with Crippen LogP contribution in [-0.4, -0.2) is 35.4 Å². The first kappa shape index (κ1) is 27.5. The van der Waals surface area contributed by atoms with Crippen LogP contribution in [0, 0.1) is 0 Å². The molecule has 0 aromatic heterocycles. The van der Waals surface area contributed by atoms with Crippen LogP contribution in [0.25, 0.3) is 0 Å². The van der Waals surface area contributed by atoms with Crippen LogP contribution in [0.15, 0.2) is 77.3 Å². The summed E-state index contributed by atoms with van der Waals surface area (Å²) in [7, 11) is 0. The molecule has 8 heteroatoms. The quantitative estimate of drug-likeness (QED) is 0.276. The van der Waals surface area contributed by atoms with Crippen molar-refractivity contribution < 1.29 is 14.3 Å². The Morgan fingerprint density at radius 1 is 0.973 bits per heavy atom. The largest absolute Gasteiger partial charge is 0.482 e. The van der Waals surface area contributed by atoms with E-state index in [1.807, 2.05) is 48.5 Å². The van der Waals surface area contributed by atoms with Crippen LogP contribution in [0.1, 0.15) is 36.8 Å². The molecule has 1 aliphatic rings. The molecule has 0 spiro atoms. The zero-order valence-electron chi connectivity index (χ0n) is 20.3. The lowest BCUT2D eigenvalue weighted by atomic mass is 10.0. The summed E-state index contributed by atoms with van der Waals surface area (Å²) in [5.74, 6) is -0.106. The standard InChI is InChI=1S/C29H29BrCl2N2O3/c30-22-14-15-27(25(32)17-22)37-19-28(35)34(18-21-10-4-7-13-24(21)31)26(16-20-8-2-1-3-9-20)29(36)33-23-11-5-6-12-23/h1-4,7-10,13-15,17,23,26H,5-6,11-12,16,18-19H2,(H,33,36)/t26-/m1/s1. The molecule has 37 heavy (non-hydrogen) atoms. The number of ether oxygens (including phenoxy) is 1. The third-order valence-electron chi connectivity index (χ3n) is 6.52. The molecule has 2 amide bonds. The van der Waals surface area contributed by atoms with Gasteiger partial charge in [-0.3, -0.25) is 9.59 Å². The summed E-state index contributed by atoms with van der Waals surface area (Å²) in [6.07, 6.45) is 4.46. The van der Waals surface area contributed by atoms with Crippen molar-refractivity contribution in [2.24, 2.45) is 0 Å². The zero-order chi connectivity index (χ0) is 26.2. The number of nitrogens with one attached hydrogen (secondary N) is 1. The molecular weight excluding hydrogens is 575 g/mol. The molecular formula is C29H29BrCl2N2O3. The SMILES string of the molecule is O=C(NC1CCCC1)[C@@H](Cc1ccccc1)N(Cc1ccccc1Cl)C(=O)COc1ccc(Br)cc1Cl. The van der Waals surface area contributed by atoms with Crippen molar-refractivity contribution in [2.75, 3.05) is 6.61 Å². The molecule has 0 saturated heterocycles. The van der Waals surface area contributed by atoms with Gasteiger partial charge in [0.25, 0.3) is 5.91 Å². The van der Waals surface area contributed by atoms with E-state index in [0.29, 0.717) is 22.2 Å². The maximum atomic E-state index is 13.7. The van der Waals surface area contributed by atoms with Gasteiger partial charge in [-0.2, -0.15) is 0 Å². The fourth-order valence-corrected chi connectivity index (χ4v) is 5.47. The third kappa shape index (κ3) is 7.73. The Balaban J connectivity index is 1.63. The van der Waals surface area contributed by atoms with Gasteiger partial charge in [0.05, 0.1) is 5.02 Å². The van der Waals surface area contributed by atoms with Gasteiger partial charge in [0.1, 0.15) is 11.8 Å². The van der Waals surface area contributed by atoms with Crippen LogP contribution < -0.4 is 10.1 Å². The summed E-state index contributed by atoms with van der Waals surface area (Å²) in [5.41, 5.74) is 1.72. The number of hydrogen-bond acceptors (Lipinski definition) is 3. The van der Waals surface area contributed by atoms with E-state index in [-0.39, 0.29) is 31.0 Å². The number of amides is 2. The summed E-state index contributed by atoms with van der Waals surface area (Å²) in [5, 5.41) is 4.11.